The molecule has 1 unspecified atom stereocenters. The van der Waals surface area contributed by atoms with Crippen LogP contribution < -0.4 is 14.8 Å². The summed E-state index contributed by atoms with van der Waals surface area (Å²) >= 11 is 0. The van der Waals surface area contributed by atoms with Gasteiger partial charge in [0.05, 0.1) is 17.4 Å². The number of hydrogen-bond donors (Lipinski definition) is 2. The predicted molar refractivity (Wildman–Crippen MR) is 129 cm³/mol. The lowest BCUT2D eigenvalue weighted by Crippen LogP contribution is -2.49. The number of carbonyl (C=O) groups excluding carboxylic acids is 1. The summed E-state index contributed by atoms with van der Waals surface area (Å²) < 4.78 is 49.9. The van der Waals surface area contributed by atoms with Gasteiger partial charge in [-0.3, -0.25) is 4.79 Å². The monoisotopic (exact) mass is 501 g/mol. The summed E-state index contributed by atoms with van der Waals surface area (Å²) in [5.41, 5.74) is -1.01. The van der Waals surface area contributed by atoms with Gasteiger partial charge in [0.15, 0.2) is 0 Å². The van der Waals surface area contributed by atoms with Crippen LogP contribution in [0.15, 0.2) is 67.4 Å². The van der Waals surface area contributed by atoms with Crippen LogP contribution in [-0.2, 0) is 17.6 Å². The SMILES string of the molecule is C=COc1ccc2c(OCc3ccc(C(F)(F)F)cc3)c(C(=O)NC(C(=O)O)C(C)(C)C)ccc2c1. The molecule has 0 saturated heterocycles. The minimum Gasteiger partial charge on any atom is -0.487 e. The molecule has 0 aliphatic heterocycles. The molecule has 9 heteroatoms. The molecule has 3 rings (SSSR count). The molecule has 3 aromatic rings. The number of nitrogens with one attached hydrogen (secondary N) is 1. The van der Waals surface area contributed by atoms with E-state index in [-0.39, 0.29) is 17.9 Å². The summed E-state index contributed by atoms with van der Waals surface area (Å²) in [7, 11) is 0. The van der Waals surface area contributed by atoms with Gasteiger partial charge in [-0.15, -0.1) is 0 Å². The largest absolute Gasteiger partial charge is 0.487 e. The fourth-order valence-electron chi connectivity index (χ4n) is 3.59. The zero-order valence-corrected chi connectivity index (χ0v) is 20.0. The van der Waals surface area contributed by atoms with E-state index in [1.807, 2.05) is 0 Å². The molecule has 190 valence electrons. The molecular weight excluding hydrogens is 475 g/mol. The van der Waals surface area contributed by atoms with Gasteiger partial charge < -0.3 is 19.9 Å². The summed E-state index contributed by atoms with van der Waals surface area (Å²) in [6.07, 6.45) is -3.19. The number of benzene rings is 3. The van der Waals surface area contributed by atoms with Crippen LogP contribution in [0.2, 0.25) is 0 Å². The van der Waals surface area contributed by atoms with Crippen molar-refractivity contribution >= 4 is 22.6 Å². The van der Waals surface area contributed by atoms with Crippen molar-refractivity contribution in [2.75, 3.05) is 0 Å². The zero-order chi connectivity index (χ0) is 26.7. The van der Waals surface area contributed by atoms with Crippen molar-refractivity contribution in [1.29, 1.82) is 0 Å². The molecule has 36 heavy (non-hydrogen) atoms. The molecule has 6 nitrogen and oxygen atoms in total. The van der Waals surface area contributed by atoms with E-state index in [4.69, 9.17) is 9.47 Å². The topological polar surface area (TPSA) is 84.9 Å². The van der Waals surface area contributed by atoms with Gasteiger partial charge >= 0.3 is 12.1 Å². The van der Waals surface area contributed by atoms with Gasteiger partial charge in [0.1, 0.15) is 24.1 Å². The fourth-order valence-corrected chi connectivity index (χ4v) is 3.59. The number of fused-ring (bicyclic) bond motifs is 1. The van der Waals surface area contributed by atoms with E-state index < -0.39 is 35.1 Å². The number of hydrogen-bond acceptors (Lipinski definition) is 4. The Bertz CT molecular complexity index is 1280. The van der Waals surface area contributed by atoms with Crippen LogP contribution in [0.1, 0.15) is 42.3 Å². The lowest BCUT2D eigenvalue weighted by atomic mass is 9.86. The van der Waals surface area contributed by atoms with E-state index in [2.05, 4.69) is 11.9 Å². The molecule has 3 aromatic carbocycles. The average Bonchev–Trinajstić information content (AvgIpc) is 2.79. The number of carboxylic acids is 1. The second kappa shape index (κ2) is 10.3. The van der Waals surface area contributed by atoms with Crippen molar-refractivity contribution in [2.45, 2.75) is 39.6 Å². The highest BCUT2D eigenvalue weighted by atomic mass is 19.4. The molecule has 0 heterocycles. The minimum absolute atomic E-state index is 0.0855. The Balaban J connectivity index is 2.00. The van der Waals surface area contributed by atoms with Gasteiger partial charge in [-0.25, -0.2) is 4.79 Å². The van der Waals surface area contributed by atoms with Crippen molar-refractivity contribution in [1.82, 2.24) is 5.32 Å². The van der Waals surface area contributed by atoms with Gasteiger partial charge in [-0.05, 0) is 52.8 Å². The van der Waals surface area contributed by atoms with Crippen LogP contribution in [0.3, 0.4) is 0 Å². The fraction of sp³-hybridized carbons (Fsp3) is 0.259. The number of carbonyl (C=O) groups is 2. The lowest BCUT2D eigenvalue weighted by Gasteiger charge is -2.28. The van der Waals surface area contributed by atoms with E-state index in [1.54, 1.807) is 45.0 Å². The smallest absolute Gasteiger partial charge is 0.416 e. The van der Waals surface area contributed by atoms with Gasteiger partial charge in [-0.1, -0.05) is 45.5 Å². The number of ether oxygens (including phenoxy) is 2. The highest BCUT2D eigenvalue weighted by molar-refractivity contribution is 6.05. The van der Waals surface area contributed by atoms with E-state index in [0.29, 0.717) is 22.1 Å². The van der Waals surface area contributed by atoms with E-state index in [1.165, 1.54) is 24.5 Å². The lowest BCUT2D eigenvalue weighted by molar-refractivity contribution is -0.142. The quantitative estimate of drug-likeness (QED) is 0.360. The highest BCUT2D eigenvalue weighted by Gasteiger charge is 2.34. The Morgan fingerprint density at radius 2 is 1.72 bits per heavy atom. The molecule has 0 bridgehead atoms. The Labute approximate surface area is 206 Å². The Morgan fingerprint density at radius 1 is 1.06 bits per heavy atom. The molecule has 2 N–H and O–H groups in total. The van der Waals surface area contributed by atoms with Crippen molar-refractivity contribution < 1.29 is 37.3 Å². The van der Waals surface area contributed by atoms with E-state index in [9.17, 15) is 27.9 Å². The van der Waals surface area contributed by atoms with Crippen LogP contribution in [0, 0.1) is 5.41 Å². The maximum atomic E-state index is 13.2. The summed E-state index contributed by atoms with van der Waals surface area (Å²) in [5.74, 6) is -1.18. The number of halogens is 3. The summed E-state index contributed by atoms with van der Waals surface area (Å²) in [6, 6.07) is 11.5. The zero-order valence-electron chi connectivity index (χ0n) is 20.0. The van der Waals surface area contributed by atoms with Crippen LogP contribution in [0.25, 0.3) is 10.8 Å². The van der Waals surface area contributed by atoms with Crippen molar-refractivity contribution in [3.05, 3.63) is 84.1 Å². The summed E-state index contributed by atoms with van der Waals surface area (Å²) in [4.78, 5) is 25.0. The van der Waals surface area contributed by atoms with Gasteiger partial charge in [-0.2, -0.15) is 13.2 Å². The summed E-state index contributed by atoms with van der Waals surface area (Å²) in [5, 5.41) is 13.4. The first-order chi connectivity index (χ1) is 16.8. The molecule has 0 spiro atoms. The Kier molecular flexibility index (Phi) is 7.62. The standard InChI is InChI=1S/C27H26F3NO5/c1-5-35-19-11-13-20-17(14-19)8-12-21(24(32)31-23(25(33)34)26(2,3)4)22(20)36-15-16-6-9-18(10-7-16)27(28,29)30/h5-14,23H,1,15H2,2-4H3,(H,31,32)(H,33,34). The molecule has 0 aliphatic rings. The number of rotatable bonds is 8. The maximum Gasteiger partial charge on any atom is 0.416 e. The molecule has 0 aliphatic carbocycles. The first-order valence-corrected chi connectivity index (χ1v) is 11.0. The van der Waals surface area contributed by atoms with Gasteiger partial charge in [0.2, 0.25) is 0 Å². The first kappa shape index (κ1) is 26.6. The molecule has 1 atom stereocenters. The maximum absolute atomic E-state index is 13.2. The summed E-state index contributed by atoms with van der Waals surface area (Å²) in [6.45, 7) is 8.47. The number of amides is 1. The van der Waals surface area contributed by atoms with Crippen molar-refractivity contribution in [3.8, 4) is 11.5 Å². The minimum atomic E-state index is -4.46. The Morgan fingerprint density at radius 3 is 2.28 bits per heavy atom. The van der Waals surface area contributed by atoms with Crippen molar-refractivity contribution in [2.24, 2.45) is 5.41 Å². The third kappa shape index (κ3) is 6.16. The van der Waals surface area contributed by atoms with Gasteiger partial charge in [0.25, 0.3) is 5.91 Å². The Hall–Kier alpha value is -4.01. The predicted octanol–water partition coefficient (Wildman–Crippen LogP) is 6.19. The molecule has 0 saturated carbocycles. The van der Waals surface area contributed by atoms with E-state index >= 15 is 0 Å². The molecule has 0 radical (unpaired) electrons. The highest BCUT2D eigenvalue weighted by Crippen LogP contribution is 2.34. The molecule has 0 aromatic heterocycles. The van der Waals surface area contributed by atoms with Crippen LogP contribution in [0.4, 0.5) is 13.2 Å². The number of aliphatic carboxylic acids is 1. The van der Waals surface area contributed by atoms with Crippen LogP contribution in [0.5, 0.6) is 11.5 Å². The van der Waals surface area contributed by atoms with Crippen molar-refractivity contribution in [3.63, 3.8) is 0 Å². The molecule has 1 amide bonds. The third-order valence-electron chi connectivity index (χ3n) is 5.46. The first-order valence-electron chi connectivity index (χ1n) is 11.0. The molecular formula is C27H26F3NO5. The van der Waals surface area contributed by atoms with E-state index in [0.717, 1.165) is 12.1 Å². The third-order valence-corrected chi connectivity index (χ3v) is 5.46. The number of carboxylic acid groups (broad SMARTS) is 1. The normalized spacial score (nSPS) is 12.6. The second-order valence-electron chi connectivity index (χ2n) is 9.20. The average molecular weight is 502 g/mol. The van der Waals surface area contributed by atoms with Crippen LogP contribution in [-0.4, -0.2) is 23.0 Å². The van der Waals surface area contributed by atoms with Gasteiger partial charge in [0, 0.05) is 5.39 Å². The second-order valence-corrected chi connectivity index (χ2v) is 9.20. The molecule has 0 fully saturated rings. The van der Waals surface area contributed by atoms with Crippen LogP contribution >= 0.6 is 0 Å². The number of alkyl halides is 3.